The third kappa shape index (κ3) is 14.3. The van der Waals surface area contributed by atoms with Crippen LogP contribution in [0.1, 0.15) is 0 Å². The Morgan fingerprint density at radius 2 is 1.06 bits per heavy atom. The Balaban J connectivity index is 0.000000474. The molecule has 200 valence electrons. The van der Waals surface area contributed by atoms with Gasteiger partial charge in [0.1, 0.15) is 5.69 Å². The van der Waals surface area contributed by atoms with Crippen molar-refractivity contribution < 1.29 is 35.4 Å². The van der Waals surface area contributed by atoms with E-state index in [0.29, 0.717) is 11.9 Å². The Labute approximate surface area is 208 Å². The number of hydrogen-bond acceptors (Lipinski definition) is 13. The Morgan fingerprint density at radius 3 is 1.36 bits per heavy atom. The van der Waals surface area contributed by atoms with E-state index in [0.717, 1.165) is 11.4 Å². The number of nitrogen functional groups attached to an aromatic ring is 5. The molecule has 0 unspecified atom stereocenters. The summed E-state index contributed by atoms with van der Waals surface area (Å²) in [5, 5.41) is 0. The van der Waals surface area contributed by atoms with Gasteiger partial charge in [-0.25, -0.2) is 0 Å². The van der Waals surface area contributed by atoms with Gasteiger partial charge >= 0.3 is 6.01 Å². The average molecular weight is 548 g/mol. The van der Waals surface area contributed by atoms with Gasteiger partial charge in [-0.15, -0.1) is 0 Å². The van der Waals surface area contributed by atoms with Crippen LogP contribution in [0.4, 0.5) is 28.6 Å². The van der Waals surface area contributed by atoms with Gasteiger partial charge in [-0.1, -0.05) is 0 Å². The number of anilines is 5. The molecule has 0 bridgehead atoms. The molecular weight excluding hydrogens is 518 g/mol. The number of benzene rings is 2. The lowest BCUT2D eigenvalue weighted by Crippen LogP contribution is -2.05. The molecule has 2 aromatic carbocycles. The fourth-order valence-corrected chi connectivity index (χ4v) is 2.31. The number of hydrogen-bond donors (Lipinski definition) is 7. The summed E-state index contributed by atoms with van der Waals surface area (Å²) in [4.78, 5) is 7.40. The van der Waals surface area contributed by atoms with E-state index in [1.165, 1.54) is 38.5 Å². The maximum absolute atomic E-state index is 10.5. The summed E-state index contributed by atoms with van der Waals surface area (Å²) in [5.41, 5.74) is 29.1. The van der Waals surface area contributed by atoms with Crippen LogP contribution in [0, 0.1) is 0 Å². The zero-order valence-corrected chi connectivity index (χ0v) is 21.2. The van der Waals surface area contributed by atoms with Crippen LogP contribution in [0.15, 0.2) is 53.4 Å². The highest BCUT2D eigenvalue weighted by Crippen LogP contribution is 2.25. The van der Waals surface area contributed by atoms with Crippen molar-refractivity contribution in [2.75, 3.05) is 49.1 Å². The van der Waals surface area contributed by atoms with Gasteiger partial charge in [0.25, 0.3) is 20.2 Å². The first-order valence-electron chi connectivity index (χ1n) is 9.35. The van der Waals surface area contributed by atoms with Crippen molar-refractivity contribution in [2.24, 2.45) is 0 Å². The van der Waals surface area contributed by atoms with E-state index >= 15 is 0 Å². The lowest BCUT2D eigenvalue weighted by Gasteiger charge is -2.06. The fourth-order valence-electron chi connectivity index (χ4n) is 1.83. The van der Waals surface area contributed by atoms with E-state index in [2.05, 4.69) is 9.97 Å². The number of rotatable bonds is 3. The smallest absolute Gasteiger partial charge is 0.321 e. The second-order valence-electron chi connectivity index (χ2n) is 6.46. The minimum atomic E-state index is -4.08. The molecule has 0 amide bonds. The first-order chi connectivity index (χ1) is 16.5. The van der Waals surface area contributed by atoms with Crippen LogP contribution in [-0.2, 0) is 20.2 Å². The molecule has 0 saturated heterocycles. The van der Waals surface area contributed by atoms with Crippen LogP contribution < -0.4 is 38.1 Å². The molecule has 0 radical (unpaired) electrons. The molecule has 1 heterocycles. The normalized spacial score (nSPS) is 10.2. The van der Waals surface area contributed by atoms with Crippen LogP contribution >= 0.6 is 0 Å². The van der Waals surface area contributed by atoms with Gasteiger partial charge in [0.05, 0.1) is 25.4 Å². The molecule has 0 spiro atoms. The fraction of sp³-hybridized carbons (Fsp3) is 0.158. The lowest BCUT2D eigenvalue weighted by atomic mass is 10.3. The molecule has 0 fully saturated rings. The van der Waals surface area contributed by atoms with Crippen molar-refractivity contribution in [3.05, 3.63) is 48.5 Å². The summed E-state index contributed by atoms with van der Waals surface area (Å²) in [7, 11) is -4.86. The van der Waals surface area contributed by atoms with Crippen molar-refractivity contribution in [1.82, 2.24) is 9.97 Å². The third-order valence-electron chi connectivity index (χ3n) is 3.41. The van der Waals surface area contributed by atoms with Gasteiger partial charge in [0, 0.05) is 17.1 Å². The first kappa shape index (κ1) is 31.9. The van der Waals surface area contributed by atoms with E-state index in [1.807, 2.05) is 0 Å². The standard InChI is InChI=1S/C6H10N4O2.C6H8N2.C6H7NO3S.CH4O3S/c1-11-5-3(7)4(8)9-6(10-5)12-2;7-5-1-2-6(8)4-3-5;7-5-1-3-6(4-2-5)11(8,9)10;1-5(2,3)4/h7H2,1-2H3,(H2,8,9,10);1-4H,7-8H2;1-4H,7H2,(H,8,9,10);1H3,(H,2,3,4). The van der Waals surface area contributed by atoms with Gasteiger partial charge < -0.3 is 38.1 Å². The van der Waals surface area contributed by atoms with E-state index in [-0.39, 0.29) is 28.3 Å². The van der Waals surface area contributed by atoms with Crippen molar-refractivity contribution in [3.8, 4) is 11.9 Å². The minimum absolute atomic E-state index is 0.138. The molecule has 3 rings (SSSR count). The summed E-state index contributed by atoms with van der Waals surface area (Å²) >= 11 is 0. The molecular formula is C19H29N7O8S2. The summed E-state index contributed by atoms with van der Waals surface area (Å²) in [5.74, 6) is 0.373. The van der Waals surface area contributed by atoms with Gasteiger partial charge in [-0.2, -0.15) is 26.8 Å². The van der Waals surface area contributed by atoms with Gasteiger partial charge in [-0.3, -0.25) is 9.11 Å². The lowest BCUT2D eigenvalue weighted by molar-refractivity contribution is 0.354. The maximum Gasteiger partial charge on any atom is 0.321 e. The largest absolute Gasteiger partial charge is 0.479 e. The SMILES string of the molecule is COc1nc(N)c(N)c(OC)n1.CS(=O)(=O)O.Nc1ccc(N)cc1.Nc1ccc(S(=O)(=O)O)cc1. The zero-order valence-electron chi connectivity index (χ0n) is 19.6. The average Bonchev–Trinajstić information content (AvgIpc) is 2.77. The summed E-state index contributed by atoms with van der Waals surface area (Å²) in [6, 6.07) is 12.5. The van der Waals surface area contributed by atoms with Crippen molar-refractivity contribution in [3.63, 3.8) is 0 Å². The van der Waals surface area contributed by atoms with Crippen LogP contribution in [-0.4, -0.2) is 56.4 Å². The minimum Gasteiger partial charge on any atom is -0.479 e. The Morgan fingerprint density at radius 1 is 0.694 bits per heavy atom. The molecule has 0 atom stereocenters. The number of methoxy groups -OCH3 is 2. The Kier molecular flexibility index (Phi) is 12.7. The topological polar surface area (TPSA) is 283 Å². The van der Waals surface area contributed by atoms with Crippen molar-refractivity contribution in [1.29, 1.82) is 0 Å². The Hall–Kier alpha value is -4.06. The molecule has 15 nitrogen and oxygen atoms in total. The van der Waals surface area contributed by atoms with Gasteiger partial charge in [-0.05, 0) is 48.5 Å². The van der Waals surface area contributed by atoms with Crippen molar-refractivity contribution in [2.45, 2.75) is 4.90 Å². The molecule has 0 aliphatic rings. The molecule has 36 heavy (non-hydrogen) atoms. The van der Waals surface area contributed by atoms with Gasteiger partial charge in [0.2, 0.25) is 5.88 Å². The van der Waals surface area contributed by atoms with Gasteiger partial charge in [0.15, 0.2) is 5.82 Å². The van der Waals surface area contributed by atoms with Crippen LogP contribution in [0.5, 0.6) is 11.9 Å². The predicted molar refractivity (Wildman–Crippen MR) is 137 cm³/mol. The van der Waals surface area contributed by atoms with E-state index in [4.69, 9.17) is 47.2 Å². The predicted octanol–water partition coefficient (Wildman–Crippen LogP) is 0.529. The van der Waals surface area contributed by atoms with E-state index in [1.54, 1.807) is 24.3 Å². The number of aromatic nitrogens is 2. The summed E-state index contributed by atoms with van der Waals surface area (Å²) < 4.78 is 64.9. The monoisotopic (exact) mass is 547 g/mol. The second kappa shape index (κ2) is 14.4. The Bertz CT molecular complexity index is 1270. The van der Waals surface area contributed by atoms with E-state index in [9.17, 15) is 16.8 Å². The highest BCUT2D eigenvalue weighted by Gasteiger charge is 2.09. The number of nitrogens with two attached hydrogens (primary N) is 5. The quantitative estimate of drug-likeness (QED) is 0.174. The first-order valence-corrected chi connectivity index (χ1v) is 12.6. The maximum atomic E-state index is 10.5. The molecule has 3 aromatic rings. The van der Waals surface area contributed by atoms with Crippen molar-refractivity contribution >= 4 is 48.8 Å². The van der Waals surface area contributed by atoms with Crippen LogP contribution in [0.3, 0.4) is 0 Å². The highest BCUT2D eigenvalue weighted by atomic mass is 32.2. The molecule has 0 saturated carbocycles. The van der Waals surface area contributed by atoms with Crippen LogP contribution in [0.25, 0.3) is 0 Å². The molecule has 0 aliphatic carbocycles. The third-order valence-corrected chi connectivity index (χ3v) is 4.28. The molecule has 17 heteroatoms. The number of nitrogens with zero attached hydrogens (tertiary/aromatic N) is 2. The second-order valence-corrected chi connectivity index (χ2v) is 9.35. The van der Waals surface area contributed by atoms with Crippen LogP contribution in [0.2, 0.25) is 0 Å². The molecule has 0 aliphatic heterocycles. The van der Waals surface area contributed by atoms with E-state index < -0.39 is 20.2 Å². The molecule has 12 N–H and O–H groups in total. The molecule has 1 aromatic heterocycles. The number of ether oxygens (including phenoxy) is 2. The highest BCUT2D eigenvalue weighted by molar-refractivity contribution is 7.85. The summed E-state index contributed by atoms with van der Waals surface area (Å²) in [6.07, 6.45) is 0.715. The zero-order chi connectivity index (χ0) is 28.1. The summed E-state index contributed by atoms with van der Waals surface area (Å²) in [6.45, 7) is 0.